The van der Waals surface area contributed by atoms with Gasteiger partial charge in [-0.05, 0) is 6.42 Å². The maximum absolute atomic E-state index is 10.3. The van der Waals surface area contributed by atoms with E-state index in [0.717, 1.165) is 0 Å². The third kappa shape index (κ3) is 7.37. The van der Waals surface area contributed by atoms with Gasteiger partial charge in [-0.15, -0.1) is 0 Å². The molecule has 0 heterocycles. The number of ether oxygens (including phenoxy) is 1. The highest BCUT2D eigenvalue weighted by atomic mass is 31.0. The fraction of sp³-hybridized carbons (Fsp3) is 0.600. The van der Waals surface area contributed by atoms with Gasteiger partial charge in [-0.3, -0.25) is 4.79 Å². The number of carboxylic acid groups (broad SMARTS) is 1. The summed E-state index contributed by atoms with van der Waals surface area (Å²) in [6.07, 6.45) is -0.772. The van der Waals surface area contributed by atoms with Crippen molar-refractivity contribution in [3.05, 3.63) is 0 Å². The first-order chi connectivity index (χ1) is 4.16. The van der Waals surface area contributed by atoms with E-state index in [9.17, 15) is 9.59 Å². The van der Waals surface area contributed by atoms with Crippen molar-refractivity contribution in [2.75, 3.05) is 0 Å². The van der Waals surface area contributed by atoms with Gasteiger partial charge in [0.25, 0.3) is 0 Å². The summed E-state index contributed by atoms with van der Waals surface area (Å²) in [6, 6.07) is 0. The molecule has 1 N–H and O–H groups in total. The van der Waals surface area contributed by atoms with Crippen LogP contribution in [0.5, 0.6) is 0 Å². The van der Waals surface area contributed by atoms with Crippen LogP contribution >= 0.6 is 9.90 Å². The van der Waals surface area contributed by atoms with Crippen molar-refractivity contribution in [1.29, 1.82) is 0 Å². The third-order valence-electron chi connectivity index (χ3n) is 0.655. The summed E-state index contributed by atoms with van der Waals surface area (Å²) in [5.41, 5.74) is 0. The van der Waals surface area contributed by atoms with Gasteiger partial charge in [-0.25, -0.2) is 4.79 Å². The van der Waals surface area contributed by atoms with Crippen molar-refractivity contribution in [1.82, 2.24) is 0 Å². The van der Waals surface area contributed by atoms with Crippen LogP contribution in [0.4, 0.5) is 4.79 Å². The molecule has 0 fully saturated rings. The van der Waals surface area contributed by atoms with Crippen molar-refractivity contribution in [3.8, 4) is 0 Å². The highest BCUT2D eigenvalue weighted by molar-refractivity contribution is 6.92. The third-order valence-corrected chi connectivity index (χ3v) is 0.655. The Hall–Kier alpha value is -0.630. The lowest BCUT2D eigenvalue weighted by Gasteiger charge is -1.92. The van der Waals surface area contributed by atoms with E-state index in [1.54, 1.807) is 6.92 Å². The minimum atomic E-state index is -1.53. The fourth-order valence-electron chi connectivity index (χ4n) is 0.353. The number of rotatable bonds is 2. The second-order valence-electron chi connectivity index (χ2n) is 1.49. The summed E-state index contributed by atoms with van der Waals surface area (Å²) in [4.78, 5) is 19.9. The molecule has 5 heteroatoms. The molecule has 0 saturated carbocycles. The molecule has 0 spiro atoms. The lowest BCUT2D eigenvalue weighted by atomic mass is 10.3. The van der Waals surface area contributed by atoms with Gasteiger partial charge in [0.1, 0.15) is 0 Å². The van der Waals surface area contributed by atoms with Gasteiger partial charge in [0.15, 0.2) is 0 Å². The average molecular weight is 163 g/mol. The normalized spacial score (nSPS) is 7.70. The molecule has 0 bridgehead atoms. The summed E-state index contributed by atoms with van der Waals surface area (Å²) < 4.78 is 3.77. The molecular formula is C5H8O4P. The predicted molar refractivity (Wildman–Crippen MR) is 35.9 cm³/mol. The quantitative estimate of drug-likeness (QED) is 0.383. The molecule has 10 heavy (non-hydrogen) atoms. The molecule has 0 aromatic heterocycles. The summed E-state index contributed by atoms with van der Waals surface area (Å²) in [5, 5.41) is 7.87. The molecule has 0 aromatic rings. The Balaban J connectivity index is 0. The minimum absolute atomic E-state index is 0. The van der Waals surface area contributed by atoms with E-state index in [1.165, 1.54) is 0 Å². The van der Waals surface area contributed by atoms with E-state index in [0.29, 0.717) is 6.42 Å². The smallest absolute Gasteiger partial charge is 0.449 e. The molecule has 0 atom stereocenters. The molecule has 0 aliphatic heterocycles. The van der Waals surface area contributed by atoms with Crippen LogP contribution in [0.2, 0.25) is 0 Å². The molecule has 0 amide bonds. The van der Waals surface area contributed by atoms with E-state index in [2.05, 4.69) is 4.74 Å². The Bertz CT molecular complexity index is 123. The van der Waals surface area contributed by atoms with Gasteiger partial charge >= 0.3 is 12.1 Å². The molecule has 0 saturated heterocycles. The van der Waals surface area contributed by atoms with Gasteiger partial charge in [0, 0.05) is 16.3 Å². The van der Waals surface area contributed by atoms with Crippen molar-refractivity contribution in [2.24, 2.45) is 0 Å². The van der Waals surface area contributed by atoms with Crippen LogP contribution in [0, 0.1) is 0 Å². The monoisotopic (exact) mass is 163 g/mol. The van der Waals surface area contributed by atoms with Crippen molar-refractivity contribution < 1.29 is 19.4 Å². The van der Waals surface area contributed by atoms with E-state index < -0.39 is 12.1 Å². The zero-order chi connectivity index (χ0) is 7.28. The molecule has 0 aliphatic rings. The maximum atomic E-state index is 10.3. The standard InChI is InChI=1S/C5H8O4.P/c1-2-3-4(6)9-5(7)8;/h2-3H2,1H3,(H,7,8);. The summed E-state index contributed by atoms with van der Waals surface area (Å²) in [6.45, 7) is 1.77. The number of carbonyl (C=O) groups is 2. The molecule has 0 rings (SSSR count). The first-order valence-electron chi connectivity index (χ1n) is 2.60. The van der Waals surface area contributed by atoms with Crippen LogP contribution in [-0.4, -0.2) is 17.2 Å². The van der Waals surface area contributed by atoms with E-state index in [-0.39, 0.29) is 16.3 Å². The van der Waals surface area contributed by atoms with Gasteiger partial charge < -0.3 is 9.84 Å². The van der Waals surface area contributed by atoms with E-state index >= 15 is 0 Å². The number of carbonyl (C=O) groups excluding carboxylic acids is 1. The molecule has 0 unspecified atom stereocenters. The zero-order valence-electron chi connectivity index (χ0n) is 5.53. The SMILES string of the molecule is CCCC(=O)OC(=O)O.[P]. The number of esters is 1. The summed E-state index contributed by atoms with van der Waals surface area (Å²) in [7, 11) is 0. The van der Waals surface area contributed by atoms with Crippen LogP contribution < -0.4 is 0 Å². The zero-order valence-corrected chi connectivity index (χ0v) is 6.43. The van der Waals surface area contributed by atoms with Gasteiger partial charge in [-0.1, -0.05) is 6.92 Å². The largest absolute Gasteiger partial charge is 0.513 e. The Morgan fingerprint density at radius 3 is 2.30 bits per heavy atom. The van der Waals surface area contributed by atoms with Crippen molar-refractivity contribution in [2.45, 2.75) is 19.8 Å². The van der Waals surface area contributed by atoms with Crippen LogP contribution in [0.15, 0.2) is 0 Å². The Morgan fingerprint density at radius 1 is 1.50 bits per heavy atom. The van der Waals surface area contributed by atoms with Gasteiger partial charge in [0.2, 0.25) is 0 Å². The van der Waals surface area contributed by atoms with Crippen LogP contribution in [-0.2, 0) is 9.53 Å². The number of hydrogen-bond donors (Lipinski definition) is 1. The number of hydrogen-bond acceptors (Lipinski definition) is 3. The predicted octanol–water partition coefficient (Wildman–Crippen LogP) is 1.87. The topological polar surface area (TPSA) is 63.6 Å². The lowest BCUT2D eigenvalue weighted by molar-refractivity contribution is -0.139. The first kappa shape index (κ1) is 12.1. The van der Waals surface area contributed by atoms with Crippen molar-refractivity contribution >= 4 is 22.0 Å². The molecule has 0 aliphatic carbocycles. The Kier molecular flexibility index (Phi) is 7.84. The maximum Gasteiger partial charge on any atom is 0.513 e. The fourth-order valence-corrected chi connectivity index (χ4v) is 0.353. The van der Waals surface area contributed by atoms with Gasteiger partial charge in [0.05, 0.1) is 0 Å². The highest BCUT2D eigenvalue weighted by Gasteiger charge is 2.04. The molecule has 0 aromatic carbocycles. The molecule has 3 radical (unpaired) electrons. The average Bonchev–Trinajstić information content (AvgIpc) is 1.63. The first-order valence-corrected chi connectivity index (χ1v) is 2.60. The second kappa shape index (κ2) is 6.49. The summed E-state index contributed by atoms with van der Waals surface area (Å²) in [5.74, 6) is -0.690. The Morgan fingerprint density at radius 2 is 2.00 bits per heavy atom. The molecule has 4 nitrogen and oxygen atoms in total. The van der Waals surface area contributed by atoms with Crippen molar-refractivity contribution in [3.63, 3.8) is 0 Å². The van der Waals surface area contributed by atoms with Crippen LogP contribution in [0.1, 0.15) is 19.8 Å². The molecule has 57 valence electrons. The molecular weight excluding hydrogens is 155 g/mol. The summed E-state index contributed by atoms with van der Waals surface area (Å²) >= 11 is 0. The van der Waals surface area contributed by atoms with Crippen LogP contribution in [0.25, 0.3) is 0 Å². The van der Waals surface area contributed by atoms with Gasteiger partial charge in [-0.2, -0.15) is 0 Å². The van der Waals surface area contributed by atoms with E-state index in [4.69, 9.17) is 5.11 Å². The van der Waals surface area contributed by atoms with E-state index in [1.807, 2.05) is 0 Å². The minimum Gasteiger partial charge on any atom is -0.449 e. The van der Waals surface area contributed by atoms with Crippen LogP contribution in [0.3, 0.4) is 0 Å². The highest BCUT2D eigenvalue weighted by Crippen LogP contribution is 1.90. The second-order valence-corrected chi connectivity index (χ2v) is 1.49. The lowest BCUT2D eigenvalue weighted by Crippen LogP contribution is -2.08. The Labute approximate surface area is 62.2 Å².